The van der Waals surface area contributed by atoms with E-state index in [4.69, 9.17) is 16.0 Å². The fourth-order valence-electron chi connectivity index (χ4n) is 3.16. The number of benzene rings is 2. The maximum absolute atomic E-state index is 12.5. The minimum atomic E-state index is -3.50. The van der Waals surface area contributed by atoms with Crippen LogP contribution in [0.3, 0.4) is 0 Å². The van der Waals surface area contributed by atoms with Crippen molar-refractivity contribution in [3.63, 3.8) is 0 Å². The molecule has 1 heterocycles. The van der Waals surface area contributed by atoms with E-state index in [9.17, 15) is 13.2 Å². The van der Waals surface area contributed by atoms with Crippen LogP contribution in [0.25, 0.3) is 11.0 Å². The third-order valence-electron chi connectivity index (χ3n) is 4.82. The molecule has 2 aromatic carbocycles. The lowest BCUT2D eigenvalue weighted by Gasteiger charge is -2.18. The maximum atomic E-state index is 12.5. The van der Waals surface area contributed by atoms with Crippen molar-refractivity contribution in [1.82, 2.24) is 9.62 Å². The zero-order chi connectivity index (χ0) is 21.2. The summed E-state index contributed by atoms with van der Waals surface area (Å²) in [7, 11) is -3.50. The van der Waals surface area contributed by atoms with Gasteiger partial charge < -0.3 is 9.73 Å². The van der Waals surface area contributed by atoms with Crippen LogP contribution >= 0.6 is 11.6 Å². The summed E-state index contributed by atoms with van der Waals surface area (Å²) in [6, 6.07) is 11.7. The number of rotatable bonds is 7. The first-order chi connectivity index (χ1) is 13.8. The summed E-state index contributed by atoms with van der Waals surface area (Å²) < 4.78 is 32.1. The molecule has 0 aliphatic rings. The summed E-state index contributed by atoms with van der Waals surface area (Å²) in [6.45, 7) is 6.50. The molecule has 3 rings (SSSR count). The quantitative estimate of drug-likeness (QED) is 0.599. The van der Waals surface area contributed by atoms with Gasteiger partial charge in [-0.15, -0.1) is 0 Å². The van der Waals surface area contributed by atoms with Crippen molar-refractivity contribution in [2.75, 3.05) is 13.1 Å². The number of hydrogen-bond acceptors (Lipinski definition) is 4. The van der Waals surface area contributed by atoms with Crippen LogP contribution in [0, 0.1) is 6.92 Å². The molecule has 3 aromatic rings. The molecule has 0 atom stereocenters. The van der Waals surface area contributed by atoms with Gasteiger partial charge in [0.2, 0.25) is 10.0 Å². The second kappa shape index (κ2) is 8.57. The summed E-state index contributed by atoms with van der Waals surface area (Å²) in [5.74, 6) is -0.0994. The molecule has 0 fully saturated rings. The maximum Gasteiger partial charge on any atom is 0.287 e. The number of fused-ring (bicyclic) bond motifs is 1. The van der Waals surface area contributed by atoms with Gasteiger partial charge in [0.1, 0.15) is 5.58 Å². The highest BCUT2D eigenvalue weighted by Gasteiger charge is 2.21. The number of hydrogen-bond donors (Lipinski definition) is 1. The van der Waals surface area contributed by atoms with Gasteiger partial charge in [0.05, 0.1) is 4.90 Å². The highest BCUT2D eigenvalue weighted by atomic mass is 35.5. The number of amides is 1. The molecule has 0 aliphatic carbocycles. The molecular formula is C21H23ClN2O4S. The molecule has 6 nitrogen and oxygen atoms in total. The van der Waals surface area contributed by atoms with Crippen LogP contribution in [0.2, 0.25) is 5.02 Å². The third kappa shape index (κ3) is 4.32. The minimum Gasteiger partial charge on any atom is -0.451 e. The van der Waals surface area contributed by atoms with Gasteiger partial charge in [0.25, 0.3) is 5.91 Å². The van der Waals surface area contributed by atoms with Gasteiger partial charge in [-0.2, -0.15) is 4.31 Å². The zero-order valence-electron chi connectivity index (χ0n) is 16.5. The van der Waals surface area contributed by atoms with Gasteiger partial charge in [-0.1, -0.05) is 37.6 Å². The number of furan rings is 1. The molecule has 0 bridgehead atoms. The second-order valence-electron chi connectivity index (χ2n) is 6.61. The van der Waals surface area contributed by atoms with Crippen LogP contribution in [0.4, 0.5) is 0 Å². The van der Waals surface area contributed by atoms with Crippen molar-refractivity contribution in [1.29, 1.82) is 0 Å². The fraction of sp³-hybridized carbons (Fsp3) is 0.286. The Morgan fingerprint density at radius 3 is 2.38 bits per heavy atom. The second-order valence-corrected chi connectivity index (χ2v) is 8.99. The lowest BCUT2D eigenvalue weighted by Crippen LogP contribution is -2.30. The Labute approximate surface area is 175 Å². The number of sulfonamides is 1. The Hall–Kier alpha value is -2.35. The Morgan fingerprint density at radius 1 is 1.10 bits per heavy atom. The number of halogens is 1. The Morgan fingerprint density at radius 2 is 1.76 bits per heavy atom. The summed E-state index contributed by atoms with van der Waals surface area (Å²) in [4.78, 5) is 12.8. The van der Waals surface area contributed by atoms with E-state index in [0.29, 0.717) is 23.7 Å². The van der Waals surface area contributed by atoms with Crippen molar-refractivity contribution >= 4 is 38.5 Å². The normalized spacial score (nSPS) is 11.9. The first kappa shape index (κ1) is 21.4. The van der Waals surface area contributed by atoms with E-state index in [0.717, 1.165) is 16.5 Å². The third-order valence-corrected chi connectivity index (χ3v) is 7.12. The van der Waals surface area contributed by atoms with Gasteiger partial charge in [0, 0.05) is 35.6 Å². The van der Waals surface area contributed by atoms with E-state index in [1.165, 1.54) is 4.31 Å². The van der Waals surface area contributed by atoms with Crippen LogP contribution < -0.4 is 5.32 Å². The first-order valence-electron chi connectivity index (χ1n) is 9.33. The molecule has 154 valence electrons. The molecular weight excluding hydrogens is 412 g/mol. The lowest BCUT2D eigenvalue weighted by molar-refractivity contribution is 0.0924. The number of nitrogens with one attached hydrogen (secondary N) is 1. The molecule has 8 heteroatoms. The van der Waals surface area contributed by atoms with Gasteiger partial charge in [-0.3, -0.25) is 4.79 Å². The van der Waals surface area contributed by atoms with Crippen molar-refractivity contribution in [2.45, 2.75) is 32.2 Å². The molecule has 0 radical (unpaired) electrons. The average Bonchev–Trinajstić information content (AvgIpc) is 3.03. The van der Waals surface area contributed by atoms with Crippen LogP contribution in [-0.2, 0) is 16.6 Å². The summed E-state index contributed by atoms with van der Waals surface area (Å²) in [6.07, 6.45) is 0. The van der Waals surface area contributed by atoms with Crippen LogP contribution in [0.1, 0.15) is 35.5 Å². The van der Waals surface area contributed by atoms with Crippen molar-refractivity contribution in [2.24, 2.45) is 0 Å². The summed E-state index contributed by atoms with van der Waals surface area (Å²) in [5, 5.41) is 4.19. The molecule has 1 aromatic heterocycles. The van der Waals surface area contributed by atoms with Gasteiger partial charge in [-0.05, 0) is 42.8 Å². The zero-order valence-corrected chi connectivity index (χ0v) is 18.1. The fourth-order valence-corrected chi connectivity index (χ4v) is 4.79. The molecule has 0 saturated carbocycles. The van der Waals surface area contributed by atoms with E-state index >= 15 is 0 Å². The standard InChI is InChI=1S/C21H23ClN2O4S/c1-4-24(5-2)29(26,27)17-9-6-15(7-10-17)13-23-21(25)20-14(3)18-12-16(22)8-11-19(18)28-20/h6-12H,4-5,13H2,1-3H3,(H,23,25). The summed E-state index contributed by atoms with van der Waals surface area (Å²) in [5.41, 5.74) is 2.11. The van der Waals surface area contributed by atoms with E-state index in [1.807, 2.05) is 6.92 Å². The van der Waals surface area contributed by atoms with E-state index in [2.05, 4.69) is 5.32 Å². The highest BCUT2D eigenvalue weighted by Crippen LogP contribution is 2.28. The highest BCUT2D eigenvalue weighted by molar-refractivity contribution is 7.89. The van der Waals surface area contributed by atoms with E-state index in [-0.39, 0.29) is 23.1 Å². The Kier molecular flexibility index (Phi) is 6.31. The SMILES string of the molecule is CCN(CC)S(=O)(=O)c1ccc(CNC(=O)c2oc3ccc(Cl)cc3c2C)cc1. The minimum absolute atomic E-state index is 0.237. The predicted molar refractivity (Wildman–Crippen MR) is 114 cm³/mol. The Bertz CT molecular complexity index is 1130. The number of aryl methyl sites for hydroxylation is 1. The lowest BCUT2D eigenvalue weighted by atomic mass is 10.1. The molecule has 0 unspecified atom stereocenters. The largest absolute Gasteiger partial charge is 0.451 e. The Balaban J connectivity index is 1.72. The molecule has 0 spiro atoms. The van der Waals surface area contributed by atoms with Crippen LogP contribution in [-0.4, -0.2) is 31.7 Å². The predicted octanol–water partition coefficient (Wildman–Crippen LogP) is 4.36. The molecule has 29 heavy (non-hydrogen) atoms. The van der Waals surface area contributed by atoms with Crippen LogP contribution in [0.5, 0.6) is 0 Å². The molecule has 1 amide bonds. The van der Waals surface area contributed by atoms with E-state index < -0.39 is 10.0 Å². The van der Waals surface area contributed by atoms with Crippen molar-refractivity contribution in [3.05, 3.63) is 64.4 Å². The first-order valence-corrected chi connectivity index (χ1v) is 11.2. The smallest absolute Gasteiger partial charge is 0.287 e. The monoisotopic (exact) mass is 434 g/mol. The van der Waals surface area contributed by atoms with Gasteiger partial charge in [0.15, 0.2) is 5.76 Å². The number of carbonyl (C=O) groups is 1. The topological polar surface area (TPSA) is 79.6 Å². The number of nitrogens with zero attached hydrogens (tertiary/aromatic N) is 1. The summed E-state index contributed by atoms with van der Waals surface area (Å²) >= 11 is 6.02. The van der Waals surface area contributed by atoms with Crippen LogP contribution in [0.15, 0.2) is 51.8 Å². The van der Waals surface area contributed by atoms with Crippen molar-refractivity contribution < 1.29 is 17.6 Å². The van der Waals surface area contributed by atoms with E-state index in [1.54, 1.807) is 56.3 Å². The van der Waals surface area contributed by atoms with Gasteiger partial charge >= 0.3 is 0 Å². The molecule has 0 aliphatic heterocycles. The number of carbonyl (C=O) groups excluding carboxylic acids is 1. The van der Waals surface area contributed by atoms with Gasteiger partial charge in [-0.25, -0.2) is 8.42 Å². The van der Waals surface area contributed by atoms with Crippen molar-refractivity contribution in [3.8, 4) is 0 Å². The average molecular weight is 435 g/mol. The molecule has 0 saturated heterocycles. The molecule has 1 N–H and O–H groups in total.